The first-order valence-electron chi connectivity index (χ1n) is 10.2. The molecule has 0 radical (unpaired) electrons. The highest BCUT2D eigenvalue weighted by Crippen LogP contribution is 2.23. The Hall–Kier alpha value is -0.0800. The average Bonchev–Trinajstić information content (AvgIpc) is 2.46. The van der Waals surface area contributed by atoms with Gasteiger partial charge in [-0.1, -0.05) is 118 Å². The van der Waals surface area contributed by atoms with Crippen LogP contribution in [-0.2, 0) is 0 Å². The number of hydrogen-bond donors (Lipinski definition) is 2. The van der Waals surface area contributed by atoms with Gasteiger partial charge in [0.15, 0.2) is 0 Å². The van der Waals surface area contributed by atoms with E-state index in [1.54, 1.807) is 0 Å². The van der Waals surface area contributed by atoms with E-state index in [9.17, 15) is 5.11 Å². The van der Waals surface area contributed by atoms with Crippen LogP contribution in [-0.4, -0.2) is 11.2 Å². The van der Waals surface area contributed by atoms with Crippen LogP contribution in [0.4, 0.5) is 0 Å². The van der Waals surface area contributed by atoms with Gasteiger partial charge in [0.1, 0.15) is 0 Å². The normalized spacial score (nSPS) is 12.9. The van der Waals surface area contributed by atoms with Crippen molar-refractivity contribution < 1.29 is 5.11 Å². The van der Waals surface area contributed by atoms with Gasteiger partial charge < -0.3 is 11.3 Å². The summed E-state index contributed by atoms with van der Waals surface area (Å²) in [6, 6.07) is 0. The molecule has 1 unspecified atom stereocenters. The molecule has 0 aromatic rings. The van der Waals surface area contributed by atoms with Crippen molar-refractivity contribution in [2.45, 2.75) is 130 Å². The van der Waals surface area contributed by atoms with Crippen LogP contribution in [0.5, 0.6) is 0 Å². The van der Waals surface area contributed by atoms with E-state index in [4.69, 9.17) is 0 Å². The van der Waals surface area contributed by atoms with Crippen molar-refractivity contribution in [3.63, 3.8) is 0 Å². The predicted octanol–water partition coefficient (Wildman–Crippen LogP) is 7.43. The third kappa shape index (κ3) is 18.1. The summed E-state index contributed by atoms with van der Waals surface area (Å²) in [5.41, 5.74) is 0.0521. The molecule has 0 saturated carbocycles. The minimum Gasteiger partial charge on any atom is -0.393 e. The van der Waals surface area contributed by atoms with Crippen molar-refractivity contribution >= 4 is 0 Å². The maximum atomic E-state index is 9.98. The van der Waals surface area contributed by atoms with Gasteiger partial charge in [-0.05, 0) is 11.8 Å². The first-order valence-corrected chi connectivity index (χ1v) is 10.2. The number of rotatable bonds is 15. The number of aliphatic hydroxyl groups is 1. The van der Waals surface area contributed by atoms with Crippen LogP contribution in [0.3, 0.4) is 0 Å². The van der Waals surface area contributed by atoms with Crippen molar-refractivity contribution in [1.82, 2.24) is 6.15 Å². The van der Waals surface area contributed by atoms with Gasteiger partial charge in [-0.25, -0.2) is 0 Å². The summed E-state index contributed by atoms with van der Waals surface area (Å²) in [6.07, 6.45) is 20.4. The zero-order chi connectivity index (χ0) is 16.7. The molecule has 0 amide bonds. The van der Waals surface area contributed by atoms with Gasteiger partial charge in [-0.3, -0.25) is 0 Å². The maximum absolute atomic E-state index is 9.98. The van der Waals surface area contributed by atoms with E-state index in [-0.39, 0.29) is 17.7 Å². The van der Waals surface area contributed by atoms with Gasteiger partial charge in [0.2, 0.25) is 0 Å². The first-order chi connectivity index (χ1) is 10.5. The second-order valence-electron chi connectivity index (χ2n) is 8.27. The van der Waals surface area contributed by atoms with Crippen LogP contribution in [0.2, 0.25) is 0 Å². The topological polar surface area (TPSA) is 55.2 Å². The molecule has 0 aromatic heterocycles. The SMILES string of the molecule is CCCCCCCCCCCCCCCCC(O)C(C)(C)C.N. The van der Waals surface area contributed by atoms with Crippen LogP contribution < -0.4 is 6.15 Å². The Morgan fingerprint density at radius 2 is 0.913 bits per heavy atom. The Kier molecular flexibility index (Phi) is 18.3. The molecule has 2 heteroatoms. The Labute approximate surface area is 147 Å². The highest BCUT2D eigenvalue weighted by atomic mass is 16.3. The summed E-state index contributed by atoms with van der Waals surface area (Å²) >= 11 is 0. The average molecular weight is 330 g/mol. The molecule has 0 bridgehead atoms. The summed E-state index contributed by atoms with van der Waals surface area (Å²) in [6.45, 7) is 8.66. The van der Waals surface area contributed by atoms with Crippen molar-refractivity contribution in [2.75, 3.05) is 0 Å². The molecule has 4 N–H and O–H groups in total. The molecule has 0 aliphatic carbocycles. The molecule has 0 heterocycles. The molecular formula is C21H47NO. The second kappa shape index (κ2) is 16.8. The van der Waals surface area contributed by atoms with E-state index < -0.39 is 0 Å². The van der Waals surface area contributed by atoms with E-state index in [0.29, 0.717) is 0 Å². The number of unbranched alkanes of at least 4 members (excludes halogenated alkanes) is 13. The lowest BCUT2D eigenvalue weighted by Crippen LogP contribution is -2.25. The zero-order valence-corrected chi connectivity index (χ0v) is 16.8. The van der Waals surface area contributed by atoms with Gasteiger partial charge in [0, 0.05) is 0 Å². The summed E-state index contributed by atoms with van der Waals surface area (Å²) in [5.74, 6) is 0. The summed E-state index contributed by atoms with van der Waals surface area (Å²) in [4.78, 5) is 0. The van der Waals surface area contributed by atoms with E-state index in [1.807, 2.05) is 0 Å². The molecule has 142 valence electrons. The fraction of sp³-hybridized carbons (Fsp3) is 1.00. The van der Waals surface area contributed by atoms with Gasteiger partial charge in [-0.2, -0.15) is 0 Å². The van der Waals surface area contributed by atoms with Gasteiger partial charge in [0.05, 0.1) is 6.10 Å². The van der Waals surface area contributed by atoms with Crippen LogP contribution in [0.25, 0.3) is 0 Å². The highest BCUT2D eigenvalue weighted by Gasteiger charge is 2.20. The van der Waals surface area contributed by atoms with Gasteiger partial charge in [0.25, 0.3) is 0 Å². The third-order valence-corrected chi connectivity index (χ3v) is 4.83. The van der Waals surface area contributed by atoms with E-state index >= 15 is 0 Å². The Balaban J connectivity index is 0. The molecule has 0 saturated heterocycles. The maximum Gasteiger partial charge on any atom is 0.0588 e. The Morgan fingerprint density at radius 3 is 1.22 bits per heavy atom. The van der Waals surface area contributed by atoms with Crippen LogP contribution in [0.15, 0.2) is 0 Å². The van der Waals surface area contributed by atoms with Crippen LogP contribution >= 0.6 is 0 Å². The lowest BCUT2D eigenvalue weighted by molar-refractivity contribution is 0.0533. The monoisotopic (exact) mass is 329 g/mol. The smallest absolute Gasteiger partial charge is 0.0588 e. The largest absolute Gasteiger partial charge is 0.393 e. The van der Waals surface area contributed by atoms with Crippen molar-refractivity contribution in [1.29, 1.82) is 0 Å². The third-order valence-electron chi connectivity index (χ3n) is 4.83. The molecule has 0 spiro atoms. The fourth-order valence-electron chi connectivity index (χ4n) is 2.97. The molecule has 0 aliphatic heterocycles. The molecule has 0 aliphatic rings. The lowest BCUT2D eigenvalue weighted by atomic mass is 9.86. The number of aliphatic hydroxyl groups excluding tert-OH is 1. The molecular weight excluding hydrogens is 282 g/mol. The summed E-state index contributed by atoms with van der Waals surface area (Å²) in [5, 5.41) is 9.98. The highest BCUT2D eigenvalue weighted by molar-refractivity contribution is 4.72. The molecule has 0 fully saturated rings. The quantitative estimate of drug-likeness (QED) is 0.307. The Morgan fingerprint density at radius 1 is 0.609 bits per heavy atom. The van der Waals surface area contributed by atoms with Gasteiger partial charge >= 0.3 is 0 Å². The Bertz CT molecular complexity index is 222. The molecule has 0 rings (SSSR count). The minimum atomic E-state index is -0.134. The van der Waals surface area contributed by atoms with Crippen molar-refractivity contribution in [3.05, 3.63) is 0 Å². The summed E-state index contributed by atoms with van der Waals surface area (Å²) in [7, 11) is 0. The van der Waals surface area contributed by atoms with Crippen molar-refractivity contribution in [2.24, 2.45) is 5.41 Å². The summed E-state index contributed by atoms with van der Waals surface area (Å²) < 4.78 is 0. The fourth-order valence-corrected chi connectivity index (χ4v) is 2.97. The van der Waals surface area contributed by atoms with Crippen molar-refractivity contribution in [3.8, 4) is 0 Å². The minimum absolute atomic E-state index is 0. The molecule has 0 aromatic carbocycles. The zero-order valence-electron chi connectivity index (χ0n) is 16.8. The molecule has 23 heavy (non-hydrogen) atoms. The first kappa shape index (κ1) is 25.2. The van der Waals surface area contributed by atoms with Crippen LogP contribution in [0.1, 0.15) is 124 Å². The number of hydrogen-bond acceptors (Lipinski definition) is 2. The van der Waals surface area contributed by atoms with E-state index in [2.05, 4.69) is 27.7 Å². The second-order valence-corrected chi connectivity index (χ2v) is 8.27. The molecule has 1 atom stereocenters. The predicted molar refractivity (Wildman–Crippen MR) is 105 cm³/mol. The lowest BCUT2D eigenvalue weighted by Gasteiger charge is -2.25. The molecule has 2 nitrogen and oxygen atoms in total. The standard InChI is InChI=1S/C21H44O.H3N/c1-5-6-7-8-9-10-11-12-13-14-15-16-17-18-19-20(22)21(2,3)4;/h20,22H,5-19H2,1-4H3;1H3. The van der Waals surface area contributed by atoms with E-state index in [1.165, 1.54) is 89.9 Å². The van der Waals surface area contributed by atoms with E-state index in [0.717, 1.165) is 6.42 Å². The van der Waals surface area contributed by atoms with Crippen LogP contribution in [0, 0.1) is 5.41 Å². The van der Waals surface area contributed by atoms with Gasteiger partial charge in [-0.15, -0.1) is 0 Å².